The Morgan fingerprint density at radius 1 is 0.818 bits per heavy atom. The molecule has 10 nitrogen and oxygen atoms in total. The van der Waals surface area contributed by atoms with E-state index in [0.29, 0.717) is 5.56 Å². The van der Waals surface area contributed by atoms with Gasteiger partial charge in [0.1, 0.15) is 18.2 Å². The standard InChI is InChI=1S/C23H33NO9/c1-7-20(25)32-18-10-9-16(12-19(18)33-21(26)8-2)11-17(24)22(27)30-14(5)15(6)31-23(28)29-13(3)4/h9-10,12-15,17H,7-8,11,24H2,1-6H3/t14-,15-,17-/m0/s1. The van der Waals surface area contributed by atoms with Crippen LogP contribution in [0.3, 0.4) is 0 Å². The molecule has 0 amide bonds. The Balaban J connectivity index is 2.81. The number of esters is 3. The maximum atomic E-state index is 12.4. The molecule has 0 saturated carbocycles. The monoisotopic (exact) mass is 467 g/mol. The number of nitrogens with two attached hydrogens (primary N) is 1. The fourth-order valence-electron chi connectivity index (χ4n) is 2.40. The molecule has 10 heteroatoms. The Morgan fingerprint density at radius 3 is 1.91 bits per heavy atom. The smallest absolute Gasteiger partial charge is 0.458 e. The molecule has 0 aromatic heterocycles. The molecule has 1 rings (SSSR count). The van der Waals surface area contributed by atoms with Gasteiger partial charge in [0.2, 0.25) is 0 Å². The lowest BCUT2D eigenvalue weighted by Crippen LogP contribution is -2.39. The lowest BCUT2D eigenvalue weighted by atomic mass is 10.1. The van der Waals surface area contributed by atoms with Crippen LogP contribution < -0.4 is 15.2 Å². The van der Waals surface area contributed by atoms with Gasteiger partial charge in [-0.3, -0.25) is 14.4 Å². The van der Waals surface area contributed by atoms with Gasteiger partial charge in [0.15, 0.2) is 11.5 Å². The summed E-state index contributed by atoms with van der Waals surface area (Å²) in [6.07, 6.45) is -2.37. The Hall–Kier alpha value is -3.14. The van der Waals surface area contributed by atoms with Crippen molar-refractivity contribution in [3.05, 3.63) is 23.8 Å². The summed E-state index contributed by atoms with van der Waals surface area (Å²) in [5, 5.41) is 0. The number of ether oxygens (including phenoxy) is 5. The normalized spacial score (nSPS) is 13.5. The third-order valence-electron chi connectivity index (χ3n) is 4.37. The zero-order valence-electron chi connectivity index (χ0n) is 19.9. The molecule has 0 unspecified atom stereocenters. The lowest BCUT2D eigenvalue weighted by molar-refractivity contribution is -0.155. The van der Waals surface area contributed by atoms with Crippen LogP contribution in [0.25, 0.3) is 0 Å². The van der Waals surface area contributed by atoms with Gasteiger partial charge in [-0.2, -0.15) is 0 Å². The highest BCUT2D eigenvalue weighted by atomic mass is 16.7. The molecule has 0 spiro atoms. The van der Waals surface area contributed by atoms with Crippen LogP contribution in [0.15, 0.2) is 18.2 Å². The second-order valence-electron chi connectivity index (χ2n) is 7.63. The van der Waals surface area contributed by atoms with Gasteiger partial charge in [-0.05, 0) is 51.8 Å². The van der Waals surface area contributed by atoms with Gasteiger partial charge in [0, 0.05) is 12.8 Å². The van der Waals surface area contributed by atoms with Crippen molar-refractivity contribution in [2.24, 2.45) is 5.73 Å². The number of carbonyl (C=O) groups excluding carboxylic acids is 4. The lowest BCUT2D eigenvalue weighted by Gasteiger charge is -2.22. The zero-order chi connectivity index (χ0) is 25.1. The Bertz CT molecular complexity index is 837. The van der Waals surface area contributed by atoms with Crippen molar-refractivity contribution >= 4 is 24.1 Å². The molecule has 184 valence electrons. The molecule has 0 aliphatic rings. The first-order valence-corrected chi connectivity index (χ1v) is 10.8. The molecule has 0 saturated heterocycles. The predicted molar refractivity (Wildman–Crippen MR) is 118 cm³/mol. The fourth-order valence-corrected chi connectivity index (χ4v) is 2.40. The van der Waals surface area contributed by atoms with Crippen molar-refractivity contribution in [2.75, 3.05) is 0 Å². The van der Waals surface area contributed by atoms with Crippen molar-refractivity contribution in [3.8, 4) is 11.5 Å². The quantitative estimate of drug-likeness (QED) is 0.381. The van der Waals surface area contributed by atoms with Gasteiger partial charge >= 0.3 is 24.1 Å². The van der Waals surface area contributed by atoms with Crippen LogP contribution in [0.5, 0.6) is 11.5 Å². The molecule has 1 aromatic rings. The van der Waals surface area contributed by atoms with Crippen molar-refractivity contribution in [1.82, 2.24) is 0 Å². The van der Waals surface area contributed by atoms with Crippen molar-refractivity contribution in [2.45, 2.75) is 85.2 Å². The predicted octanol–water partition coefficient (Wildman–Crippen LogP) is 3.07. The van der Waals surface area contributed by atoms with E-state index in [4.69, 9.17) is 29.4 Å². The maximum Gasteiger partial charge on any atom is 0.508 e. The van der Waals surface area contributed by atoms with Gasteiger partial charge in [0.05, 0.1) is 6.10 Å². The van der Waals surface area contributed by atoms with E-state index >= 15 is 0 Å². The van der Waals surface area contributed by atoms with Crippen LogP contribution in [0.2, 0.25) is 0 Å². The van der Waals surface area contributed by atoms with Crippen molar-refractivity contribution in [3.63, 3.8) is 0 Å². The zero-order valence-corrected chi connectivity index (χ0v) is 19.9. The Labute approximate surface area is 193 Å². The van der Waals surface area contributed by atoms with E-state index in [-0.39, 0.29) is 36.9 Å². The van der Waals surface area contributed by atoms with E-state index in [1.165, 1.54) is 12.1 Å². The fraction of sp³-hybridized carbons (Fsp3) is 0.565. The number of rotatable bonds is 11. The molecule has 0 aliphatic carbocycles. The van der Waals surface area contributed by atoms with E-state index in [9.17, 15) is 19.2 Å². The minimum atomic E-state index is -1.04. The second kappa shape index (κ2) is 13.4. The van der Waals surface area contributed by atoms with E-state index in [2.05, 4.69) is 0 Å². The SMILES string of the molecule is CCC(=O)Oc1ccc(C[C@H](N)C(=O)O[C@@H](C)[C@H](C)OC(=O)OC(C)C)cc1OC(=O)CC. The van der Waals surface area contributed by atoms with Crippen molar-refractivity contribution < 1.29 is 42.9 Å². The summed E-state index contributed by atoms with van der Waals surface area (Å²) in [5.74, 6) is -1.55. The van der Waals surface area contributed by atoms with E-state index in [1.54, 1.807) is 47.6 Å². The number of benzene rings is 1. The molecule has 3 atom stereocenters. The summed E-state index contributed by atoms with van der Waals surface area (Å²) < 4.78 is 25.7. The molecule has 0 aliphatic heterocycles. The average Bonchev–Trinajstić information content (AvgIpc) is 2.74. The molecular formula is C23H33NO9. The number of carbonyl (C=O) groups is 4. The second-order valence-corrected chi connectivity index (χ2v) is 7.63. The highest BCUT2D eigenvalue weighted by Gasteiger charge is 2.25. The summed E-state index contributed by atoms with van der Waals surface area (Å²) >= 11 is 0. The minimum Gasteiger partial charge on any atom is -0.458 e. The molecule has 2 N–H and O–H groups in total. The summed E-state index contributed by atoms with van der Waals surface area (Å²) in [4.78, 5) is 47.4. The van der Waals surface area contributed by atoms with Gasteiger partial charge in [-0.1, -0.05) is 19.9 Å². The van der Waals surface area contributed by atoms with Crippen LogP contribution in [0.1, 0.15) is 59.9 Å². The van der Waals surface area contributed by atoms with Gasteiger partial charge in [-0.15, -0.1) is 0 Å². The Morgan fingerprint density at radius 2 is 1.36 bits per heavy atom. The summed E-state index contributed by atoms with van der Waals surface area (Å²) in [7, 11) is 0. The topological polar surface area (TPSA) is 140 Å². The van der Waals surface area contributed by atoms with Gasteiger partial charge < -0.3 is 29.4 Å². The third kappa shape index (κ3) is 9.90. The van der Waals surface area contributed by atoms with Crippen LogP contribution in [-0.2, 0) is 35.0 Å². The third-order valence-corrected chi connectivity index (χ3v) is 4.37. The highest BCUT2D eigenvalue weighted by molar-refractivity contribution is 5.77. The first kappa shape index (κ1) is 27.9. The Kier molecular flexibility index (Phi) is 11.3. The first-order valence-electron chi connectivity index (χ1n) is 10.8. The minimum absolute atomic E-state index is 0.0563. The van der Waals surface area contributed by atoms with E-state index in [0.717, 1.165) is 0 Å². The van der Waals surface area contributed by atoms with Crippen LogP contribution in [0, 0.1) is 0 Å². The number of hydrogen-bond acceptors (Lipinski definition) is 10. The molecule has 0 heterocycles. The van der Waals surface area contributed by atoms with E-state index in [1.807, 2.05) is 0 Å². The summed E-state index contributed by atoms with van der Waals surface area (Å²) in [6, 6.07) is 3.51. The maximum absolute atomic E-state index is 12.4. The molecule has 0 bridgehead atoms. The van der Waals surface area contributed by atoms with Gasteiger partial charge in [0.25, 0.3) is 0 Å². The van der Waals surface area contributed by atoms with Crippen LogP contribution in [0.4, 0.5) is 4.79 Å². The molecule has 0 fully saturated rings. The summed E-state index contributed by atoms with van der Waals surface area (Å²) in [6.45, 7) is 9.77. The molecule has 1 aromatic carbocycles. The van der Waals surface area contributed by atoms with Crippen LogP contribution in [-0.4, -0.2) is 48.4 Å². The highest BCUT2D eigenvalue weighted by Crippen LogP contribution is 2.30. The first-order chi connectivity index (χ1) is 15.5. The molecule has 33 heavy (non-hydrogen) atoms. The largest absolute Gasteiger partial charge is 0.508 e. The number of hydrogen-bond donors (Lipinski definition) is 1. The van der Waals surface area contributed by atoms with Crippen LogP contribution >= 0.6 is 0 Å². The molecular weight excluding hydrogens is 434 g/mol. The van der Waals surface area contributed by atoms with Gasteiger partial charge in [-0.25, -0.2) is 4.79 Å². The molecule has 0 radical (unpaired) electrons. The summed E-state index contributed by atoms with van der Waals surface area (Å²) in [5.41, 5.74) is 6.54. The average molecular weight is 468 g/mol. The van der Waals surface area contributed by atoms with E-state index < -0.39 is 42.3 Å². The van der Waals surface area contributed by atoms with Crippen molar-refractivity contribution in [1.29, 1.82) is 0 Å².